The van der Waals surface area contributed by atoms with Crippen LogP contribution < -0.4 is 23.7 Å². The molecule has 0 aliphatic heterocycles. The van der Waals surface area contributed by atoms with Gasteiger partial charge in [-0.2, -0.15) is 10.2 Å². The molecule has 4 rings (SSSR count). The number of hydrogen-bond donors (Lipinski definition) is 0. The van der Waals surface area contributed by atoms with Crippen LogP contribution in [0.5, 0.6) is 28.7 Å². The van der Waals surface area contributed by atoms with Crippen LogP contribution in [-0.2, 0) is 0 Å². The maximum Gasteiger partial charge on any atom is 0.248 e. The lowest BCUT2D eigenvalue weighted by molar-refractivity contribution is 0.324. The molecule has 0 fully saturated rings. The summed E-state index contributed by atoms with van der Waals surface area (Å²) in [4.78, 5) is 0. The topological polar surface area (TPSA) is 110 Å². The van der Waals surface area contributed by atoms with Crippen LogP contribution in [0.4, 0.5) is 11.4 Å². The Kier molecular flexibility index (Phi) is 7.10. The number of methoxy groups -OCH3 is 5. The minimum absolute atomic E-state index is 0.316. The molecule has 0 bridgehead atoms. The second-order valence-electron chi connectivity index (χ2n) is 7.11. The summed E-state index contributed by atoms with van der Waals surface area (Å²) in [6.07, 6.45) is 0. The smallest absolute Gasteiger partial charge is 0.248 e. The summed E-state index contributed by atoms with van der Waals surface area (Å²) in [7, 11) is 7.79. The van der Waals surface area contributed by atoms with Gasteiger partial charge in [-0.1, -0.05) is 0 Å². The Hall–Kier alpha value is -4.60. The molecule has 0 radical (unpaired) electrons. The summed E-state index contributed by atoms with van der Waals surface area (Å²) in [5.74, 6) is 3.35. The predicted molar refractivity (Wildman–Crippen MR) is 129 cm³/mol. The van der Waals surface area contributed by atoms with E-state index in [-0.39, 0.29) is 0 Å². The number of azo groups is 1. The first-order chi connectivity index (χ1) is 17.1. The molecule has 180 valence electrons. The van der Waals surface area contributed by atoms with Gasteiger partial charge in [-0.25, -0.2) is 0 Å². The molecule has 1 aromatic heterocycles. The molecular formula is C25H24N4O6. The Morgan fingerprint density at radius 1 is 0.543 bits per heavy atom. The van der Waals surface area contributed by atoms with Gasteiger partial charge in [0.05, 0.1) is 46.9 Å². The van der Waals surface area contributed by atoms with E-state index in [1.54, 1.807) is 65.9 Å². The maximum atomic E-state index is 5.89. The Morgan fingerprint density at radius 2 is 1.09 bits per heavy atom. The summed E-state index contributed by atoms with van der Waals surface area (Å²) in [6.45, 7) is 0. The Bertz CT molecular complexity index is 1310. The fourth-order valence-electron chi connectivity index (χ4n) is 3.33. The monoisotopic (exact) mass is 476 g/mol. The molecule has 0 unspecified atom stereocenters. The van der Waals surface area contributed by atoms with E-state index in [0.29, 0.717) is 57.5 Å². The highest BCUT2D eigenvalue weighted by Gasteiger charge is 2.18. The minimum atomic E-state index is 0.316. The lowest BCUT2D eigenvalue weighted by Gasteiger charge is -2.12. The third-order valence-electron chi connectivity index (χ3n) is 5.10. The van der Waals surface area contributed by atoms with Gasteiger partial charge in [-0.15, -0.1) is 10.2 Å². The highest BCUT2D eigenvalue weighted by molar-refractivity contribution is 5.67. The fraction of sp³-hybridized carbons (Fsp3) is 0.200. The lowest BCUT2D eigenvalue weighted by atomic mass is 10.2. The first-order valence-corrected chi connectivity index (χ1v) is 10.5. The molecule has 0 N–H and O–H groups in total. The largest absolute Gasteiger partial charge is 0.493 e. The van der Waals surface area contributed by atoms with Gasteiger partial charge in [0.2, 0.25) is 17.5 Å². The van der Waals surface area contributed by atoms with Gasteiger partial charge in [0.25, 0.3) is 0 Å². The zero-order valence-corrected chi connectivity index (χ0v) is 19.9. The second-order valence-corrected chi connectivity index (χ2v) is 7.11. The van der Waals surface area contributed by atoms with Crippen LogP contribution in [-0.4, -0.2) is 45.7 Å². The van der Waals surface area contributed by atoms with Crippen molar-refractivity contribution < 1.29 is 28.1 Å². The number of ether oxygens (including phenoxy) is 5. The predicted octanol–water partition coefficient (Wildman–Crippen LogP) is 5.86. The average Bonchev–Trinajstić information content (AvgIpc) is 3.41. The van der Waals surface area contributed by atoms with Crippen molar-refractivity contribution in [3.63, 3.8) is 0 Å². The first kappa shape index (κ1) is 23.6. The fourth-order valence-corrected chi connectivity index (χ4v) is 3.33. The molecule has 1 heterocycles. The van der Waals surface area contributed by atoms with E-state index < -0.39 is 0 Å². The highest BCUT2D eigenvalue weighted by Crippen LogP contribution is 2.41. The number of aromatic nitrogens is 2. The molecule has 0 saturated heterocycles. The normalized spacial score (nSPS) is 10.9. The number of nitrogens with zero attached hydrogens (tertiary/aromatic N) is 4. The standard InChI is InChI=1S/C25H24N4O6/c1-30-19-11-10-18(14-20(19)31-2)27-26-17-8-6-15(7-9-17)24-28-29-25(35-24)16-12-21(32-3)23(34-5)22(13-16)33-4/h6-14H,1-5H3. The molecule has 0 aliphatic carbocycles. The molecule has 0 aliphatic rings. The van der Waals surface area contributed by atoms with Gasteiger partial charge < -0.3 is 28.1 Å². The molecule has 0 saturated carbocycles. The van der Waals surface area contributed by atoms with Gasteiger partial charge >= 0.3 is 0 Å². The summed E-state index contributed by atoms with van der Waals surface area (Å²) in [6, 6.07) is 16.1. The third-order valence-corrected chi connectivity index (χ3v) is 5.10. The lowest BCUT2D eigenvalue weighted by Crippen LogP contribution is -1.95. The van der Waals surface area contributed by atoms with E-state index in [4.69, 9.17) is 28.1 Å². The van der Waals surface area contributed by atoms with Crippen LogP contribution in [0.25, 0.3) is 22.9 Å². The summed E-state index contributed by atoms with van der Waals surface area (Å²) in [5, 5.41) is 16.9. The summed E-state index contributed by atoms with van der Waals surface area (Å²) in [5.41, 5.74) is 2.67. The van der Waals surface area contributed by atoms with Gasteiger partial charge in [0, 0.05) is 17.2 Å². The van der Waals surface area contributed by atoms with E-state index in [2.05, 4.69) is 20.4 Å². The quantitative estimate of drug-likeness (QED) is 0.276. The van der Waals surface area contributed by atoms with Crippen molar-refractivity contribution in [2.75, 3.05) is 35.5 Å². The van der Waals surface area contributed by atoms with E-state index >= 15 is 0 Å². The van der Waals surface area contributed by atoms with Crippen LogP contribution in [0, 0.1) is 0 Å². The summed E-state index contributed by atoms with van der Waals surface area (Å²) < 4.78 is 32.6. The molecule has 10 nitrogen and oxygen atoms in total. The van der Waals surface area contributed by atoms with Crippen LogP contribution in [0.1, 0.15) is 0 Å². The van der Waals surface area contributed by atoms with Gasteiger partial charge in [-0.3, -0.25) is 0 Å². The molecule has 4 aromatic rings. The van der Waals surface area contributed by atoms with Crippen LogP contribution in [0.3, 0.4) is 0 Å². The molecule has 0 spiro atoms. The number of benzene rings is 3. The van der Waals surface area contributed by atoms with Crippen molar-refractivity contribution in [2.45, 2.75) is 0 Å². The van der Waals surface area contributed by atoms with E-state index in [0.717, 1.165) is 5.56 Å². The van der Waals surface area contributed by atoms with Gasteiger partial charge in [0.1, 0.15) is 0 Å². The van der Waals surface area contributed by atoms with Crippen LogP contribution in [0.15, 0.2) is 69.2 Å². The number of rotatable bonds is 9. The van der Waals surface area contributed by atoms with Crippen molar-refractivity contribution >= 4 is 11.4 Å². The highest BCUT2D eigenvalue weighted by atomic mass is 16.5. The van der Waals surface area contributed by atoms with Crippen molar-refractivity contribution in [3.8, 4) is 51.7 Å². The third kappa shape index (κ3) is 5.01. The SMILES string of the molecule is COc1ccc(N=Nc2ccc(-c3nnc(-c4cc(OC)c(OC)c(OC)c4)o3)cc2)cc1OC. The Labute approximate surface area is 202 Å². The Morgan fingerprint density at radius 3 is 1.66 bits per heavy atom. The first-order valence-electron chi connectivity index (χ1n) is 10.5. The van der Waals surface area contributed by atoms with Crippen molar-refractivity contribution in [1.82, 2.24) is 10.2 Å². The van der Waals surface area contributed by atoms with Crippen molar-refractivity contribution in [2.24, 2.45) is 10.2 Å². The molecular weight excluding hydrogens is 452 g/mol. The molecule has 0 atom stereocenters. The Balaban J connectivity index is 1.54. The van der Waals surface area contributed by atoms with Crippen molar-refractivity contribution in [1.29, 1.82) is 0 Å². The second kappa shape index (κ2) is 10.6. The van der Waals surface area contributed by atoms with E-state index in [1.807, 2.05) is 24.3 Å². The zero-order valence-electron chi connectivity index (χ0n) is 19.9. The minimum Gasteiger partial charge on any atom is -0.493 e. The molecule has 10 heteroatoms. The summed E-state index contributed by atoms with van der Waals surface area (Å²) >= 11 is 0. The van der Waals surface area contributed by atoms with Gasteiger partial charge in [0.15, 0.2) is 23.0 Å². The van der Waals surface area contributed by atoms with Gasteiger partial charge in [-0.05, 0) is 48.5 Å². The van der Waals surface area contributed by atoms with Crippen LogP contribution in [0.2, 0.25) is 0 Å². The van der Waals surface area contributed by atoms with E-state index in [9.17, 15) is 0 Å². The van der Waals surface area contributed by atoms with Crippen molar-refractivity contribution in [3.05, 3.63) is 54.6 Å². The zero-order chi connectivity index (χ0) is 24.8. The molecule has 35 heavy (non-hydrogen) atoms. The number of hydrogen-bond acceptors (Lipinski definition) is 10. The molecule has 0 amide bonds. The van der Waals surface area contributed by atoms with Crippen LogP contribution >= 0.6 is 0 Å². The average molecular weight is 476 g/mol. The van der Waals surface area contributed by atoms with E-state index in [1.165, 1.54) is 0 Å². The maximum absolute atomic E-state index is 5.89. The molecule has 3 aromatic carbocycles.